The number of aromatic nitrogens is 2. The molecule has 1 aromatic heterocycles. The minimum atomic E-state index is -1.11. The van der Waals surface area contributed by atoms with Gasteiger partial charge >= 0.3 is 5.97 Å². The molecule has 1 aromatic rings. The highest BCUT2D eigenvalue weighted by atomic mass is 16.4. The summed E-state index contributed by atoms with van der Waals surface area (Å²) in [6, 6.07) is 0. The topological polar surface area (TPSA) is 95.4 Å². The van der Waals surface area contributed by atoms with E-state index >= 15 is 0 Å². The number of likely N-dealkylation sites (N-methyl/N-ethyl adjacent to an activating group) is 1. The Morgan fingerprint density at radius 3 is 2.74 bits per heavy atom. The van der Waals surface area contributed by atoms with Gasteiger partial charge in [0.1, 0.15) is 17.2 Å². The third-order valence-electron chi connectivity index (χ3n) is 2.43. The number of hydrogen-bond acceptors (Lipinski definition) is 5. The average Bonchev–Trinajstić information content (AvgIpc) is 2.35. The van der Waals surface area contributed by atoms with Crippen molar-refractivity contribution in [3.8, 4) is 0 Å². The van der Waals surface area contributed by atoms with Crippen molar-refractivity contribution in [1.82, 2.24) is 15.3 Å². The van der Waals surface area contributed by atoms with E-state index < -0.39 is 5.97 Å². The Morgan fingerprint density at radius 2 is 2.16 bits per heavy atom. The van der Waals surface area contributed by atoms with Crippen LogP contribution in [0.4, 0.5) is 5.82 Å². The predicted molar refractivity (Wildman–Crippen MR) is 70.3 cm³/mol. The summed E-state index contributed by atoms with van der Waals surface area (Å²) in [7, 11) is 1.62. The molecule has 0 aliphatic rings. The highest BCUT2D eigenvalue weighted by Gasteiger charge is 2.17. The normalized spacial score (nSPS) is 10.1. The van der Waals surface area contributed by atoms with Crippen LogP contribution in [-0.2, 0) is 4.79 Å². The Kier molecular flexibility index (Phi) is 5.23. The SMILES string of the molecule is CCCNC(=O)CN(C)c1nc(C)ncc1C(=O)O. The van der Waals surface area contributed by atoms with Crippen molar-refractivity contribution in [2.45, 2.75) is 20.3 Å². The fourth-order valence-corrected chi connectivity index (χ4v) is 1.51. The second-order valence-corrected chi connectivity index (χ2v) is 4.17. The van der Waals surface area contributed by atoms with E-state index in [0.29, 0.717) is 12.4 Å². The molecule has 1 heterocycles. The molecule has 104 valence electrons. The molecule has 2 N–H and O–H groups in total. The highest BCUT2D eigenvalue weighted by molar-refractivity contribution is 5.93. The van der Waals surface area contributed by atoms with Crippen LogP contribution in [0.2, 0.25) is 0 Å². The van der Waals surface area contributed by atoms with E-state index in [1.165, 1.54) is 11.1 Å². The molecule has 1 amide bonds. The van der Waals surface area contributed by atoms with Crippen molar-refractivity contribution in [3.05, 3.63) is 17.6 Å². The van der Waals surface area contributed by atoms with Crippen molar-refractivity contribution in [2.75, 3.05) is 25.0 Å². The maximum absolute atomic E-state index is 11.6. The summed E-state index contributed by atoms with van der Waals surface area (Å²) in [5, 5.41) is 11.8. The second-order valence-electron chi connectivity index (χ2n) is 4.17. The largest absolute Gasteiger partial charge is 0.477 e. The Labute approximate surface area is 111 Å². The third-order valence-corrected chi connectivity index (χ3v) is 2.43. The number of nitrogens with zero attached hydrogens (tertiary/aromatic N) is 3. The number of carbonyl (C=O) groups is 2. The lowest BCUT2D eigenvalue weighted by Crippen LogP contribution is -2.36. The van der Waals surface area contributed by atoms with Gasteiger partial charge in [-0.15, -0.1) is 0 Å². The van der Waals surface area contributed by atoms with Crippen molar-refractivity contribution < 1.29 is 14.7 Å². The van der Waals surface area contributed by atoms with Gasteiger partial charge < -0.3 is 15.3 Å². The summed E-state index contributed by atoms with van der Waals surface area (Å²) in [6.07, 6.45) is 2.10. The number of carbonyl (C=O) groups excluding carboxylic acids is 1. The van der Waals surface area contributed by atoms with Crippen LogP contribution in [-0.4, -0.2) is 47.1 Å². The molecule has 0 aliphatic carbocycles. The molecule has 0 spiro atoms. The first-order chi connectivity index (χ1) is 8.95. The van der Waals surface area contributed by atoms with Crippen LogP contribution in [0.15, 0.2) is 6.20 Å². The standard InChI is InChI=1S/C12H18N4O3/c1-4-5-13-10(17)7-16(3)11-9(12(18)19)6-14-8(2)15-11/h6H,4-5,7H2,1-3H3,(H,13,17)(H,18,19). The Morgan fingerprint density at radius 1 is 1.47 bits per heavy atom. The van der Waals surface area contributed by atoms with Gasteiger partial charge in [-0.3, -0.25) is 4.79 Å². The van der Waals surface area contributed by atoms with Crippen LogP contribution >= 0.6 is 0 Å². The molecule has 7 nitrogen and oxygen atoms in total. The van der Waals surface area contributed by atoms with Gasteiger partial charge in [-0.25, -0.2) is 14.8 Å². The number of hydrogen-bond donors (Lipinski definition) is 2. The van der Waals surface area contributed by atoms with Gasteiger partial charge in [0, 0.05) is 19.8 Å². The number of anilines is 1. The maximum atomic E-state index is 11.6. The van der Waals surface area contributed by atoms with Crippen molar-refractivity contribution in [2.24, 2.45) is 0 Å². The van der Waals surface area contributed by atoms with Crippen LogP contribution in [0.25, 0.3) is 0 Å². The molecule has 0 saturated carbocycles. The first kappa shape index (κ1) is 14.9. The highest BCUT2D eigenvalue weighted by Crippen LogP contribution is 2.15. The van der Waals surface area contributed by atoms with Gasteiger partial charge in [0.2, 0.25) is 5.91 Å². The van der Waals surface area contributed by atoms with E-state index in [4.69, 9.17) is 5.11 Å². The Balaban J connectivity index is 2.86. The van der Waals surface area contributed by atoms with E-state index in [9.17, 15) is 9.59 Å². The Hall–Kier alpha value is -2.18. The zero-order valence-corrected chi connectivity index (χ0v) is 11.3. The average molecular weight is 266 g/mol. The van der Waals surface area contributed by atoms with Gasteiger partial charge in [0.05, 0.1) is 6.54 Å². The minimum absolute atomic E-state index is 0.0172. The van der Waals surface area contributed by atoms with Gasteiger partial charge in [-0.1, -0.05) is 6.92 Å². The minimum Gasteiger partial charge on any atom is -0.477 e. The molecule has 0 atom stereocenters. The number of carboxylic acids is 1. The van der Waals surface area contributed by atoms with E-state index in [0.717, 1.165) is 6.42 Å². The van der Waals surface area contributed by atoms with Crippen LogP contribution in [0, 0.1) is 6.92 Å². The molecule has 0 fully saturated rings. The summed E-state index contributed by atoms with van der Waals surface area (Å²) in [5.41, 5.74) is -0.0172. The molecule has 0 saturated heterocycles. The first-order valence-corrected chi connectivity index (χ1v) is 6.00. The number of rotatable bonds is 6. The molecular weight excluding hydrogens is 248 g/mol. The lowest BCUT2D eigenvalue weighted by molar-refractivity contribution is -0.119. The second kappa shape index (κ2) is 6.67. The van der Waals surface area contributed by atoms with Gasteiger partial charge in [0.15, 0.2) is 0 Å². The molecule has 0 aliphatic heterocycles. The number of nitrogens with one attached hydrogen (secondary N) is 1. The number of aromatic carboxylic acids is 1. The Bertz CT molecular complexity index is 476. The van der Waals surface area contributed by atoms with E-state index in [1.54, 1.807) is 14.0 Å². The monoisotopic (exact) mass is 266 g/mol. The molecule has 0 unspecified atom stereocenters. The summed E-state index contributed by atoms with van der Waals surface area (Å²) >= 11 is 0. The molecule has 0 bridgehead atoms. The van der Waals surface area contributed by atoms with E-state index in [1.807, 2.05) is 6.92 Å². The van der Waals surface area contributed by atoms with Gasteiger partial charge in [-0.2, -0.15) is 0 Å². The fraction of sp³-hybridized carbons (Fsp3) is 0.500. The van der Waals surface area contributed by atoms with Crippen LogP contribution in [0.3, 0.4) is 0 Å². The zero-order chi connectivity index (χ0) is 14.4. The van der Waals surface area contributed by atoms with Gasteiger partial charge in [0.25, 0.3) is 0 Å². The van der Waals surface area contributed by atoms with Crippen LogP contribution in [0.1, 0.15) is 29.5 Å². The molecule has 0 aromatic carbocycles. The lowest BCUT2D eigenvalue weighted by Gasteiger charge is -2.19. The third kappa shape index (κ3) is 4.20. The molecular formula is C12H18N4O3. The van der Waals surface area contributed by atoms with E-state index in [2.05, 4.69) is 15.3 Å². The van der Waals surface area contributed by atoms with E-state index in [-0.39, 0.29) is 23.8 Å². The molecule has 7 heteroatoms. The summed E-state index contributed by atoms with van der Waals surface area (Å²) in [4.78, 5) is 32.1. The zero-order valence-electron chi connectivity index (χ0n) is 11.3. The maximum Gasteiger partial charge on any atom is 0.341 e. The van der Waals surface area contributed by atoms with Gasteiger partial charge in [-0.05, 0) is 13.3 Å². The number of amides is 1. The summed E-state index contributed by atoms with van der Waals surface area (Å²) in [6.45, 7) is 4.28. The quantitative estimate of drug-likeness (QED) is 0.776. The molecule has 0 radical (unpaired) electrons. The molecule has 19 heavy (non-hydrogen) atoms. The molecule has 1 rings (SSSR count). The number of carboxylic acid groups (broad SMARTS) is 1. The van der Waals surface area contributed by atoms with Crippen molar-refractivity contribution in [3.63, 3.8) is 0 Å². The number of aryl methyl sites for hydroxylation is 1. The van der Waals surface area contributed by atoms with Crippen molar-refractivity contribution >= 4 is 17.7 Å². The van der Waals surface area contributed by atoms with Crippen molar-refractivity contribution in [1.29, 1.82) is 0 Å². The van der Waals surface area contributed by atoms with Crippen LogP contribution < -0.4 is 10.2 Å². The fourth-order valence-electron chi connectivity index (χ4n) is 1.51. The first-order valence-electron chi connectivity index (χ1n) is 6.00. The summed E-state index contributed by atoms with van der Waals surface area (Å²) < 4.78 is 0. The lowest BCUT2D eigenvalue weighted by atomic mass is 10.3. The predicted octanol–water partition coefficient (Wildman–Crippen LogP) is 0.446. The van der Waals surface area contributed by atoms with Crippen LogP contribution in [0.5, 0.6) is 0 Å². The smallest absolute Gasteiger partial charge is 0.341 e. The summed E-state index contributed by atoms with van der Waals surface area (Å²) in [5.74, 6) is -0.583.